The number of hydrogen-bond donors (Lipinski definition) is 1. The van der Waals surface area contributed by atoms with Crippen molar-refractivity contribution in [3.63, 3.8) is 0 Å². The summed E-state index contributed by atoms with van der Waals surface area (Å²) in [5, 5.41) is 8.99. The van der Waals surface area contributed by atoms with Crippen molar-refractivity contribution in [2.75, 3.05) is 6.61 Å². The van der Waals surface area contributed by atoms with E-state index in [9.17, 15) is 0 Å². The lowest BCUT2D eigenvalue weighted by atomic mass is 9.86. The first-order chi connectivity index (χ1) is 12.8. The highest BCUT2D eigenvalue weighted by Crippen LogP contribution is 2.27. The van der Waals surface area contributed by atoms with Gasteiger partial charge in [0.05, 0.1) is 24.8 Å². The molecule has 130 valence electrons. The van der Waals surface area contributed by atoms with Crippen molar-refractivity contribution in [3.05, 3.63) is 107 Å². The lowest BCUT2D eigenvalue weighted by Gasteiger charge is -2.25. The molecule has 0 fully saturated rings. The highest BCUT2D eigenvalue weighted by Gasteiger charge is 2.21. The first-order valence-corrected chi connectivity index (χ1v) is 8.70. The van der Waals surface area contributed by atoms with Gasteiger partial charge in [0.25, 0.3) is 0 Å². The Hall–Kier alpha value is -2.93. The second-order valence-electron chi connectivity index (χ2n) is 6.29. The number of ether oxygens (including phenoxy) is 1. The first kappa shape index (κ1) is 17.9. The zero-order chi connectivity index (χ0) is 18.2. The Morgan fingerprint density at radius 2 is 1.46 bits per heavy atom. The third kappa shape index (κ3) is 4.58. The average molecular weight is 342 g/mol. The summed E-state index contributed by atoms with van der Waals surface area (Å²) in [7, 11) is 0. The molecule has 3 rings (SSSR count). The van der Waals surface area contributed by atoms with Gasteiger partial charge in [-0.05, 0) is 28.8 Å². The van der Waals surface area contributed by atoms with Gasteiger partial charge in [0.15, 0.2) is 0 Å². The number of nitrogens with two attached hydrogens (primary N) is 1. The predicted molar refractivity (Wildman–Crippen MR) is 104 cm³/mol. The quantitative estimate of drug-likeness (QED) is 0.699. The summed E-state index contributed by atoms with van der Waals surface area (Å²) < 4.78 is 5.87. The fourth-order valence-electron chi connectivity index (χ4n) is 3.15. The molecule has 0 radical (unpaired) electrons. The van der Waals surface area contributed by atoms with Gasteiger partial charge in [-0.1, -0.05) is 72.8 Å². The molecule has 3 aromatic carbocycles. The topological polar surface area (TPSA) is 59.0 Å². The van der Waals surface area contributed by atoms with E-state index < -0.39 is 0 Å². The summed E-state index contributed by atoms with van der Waals surface area (Å²) in [5.41, 5.74) is 10.5. The van der Waals surface area contributed by atoms with Crippen molar-refractivity contribution in [1.29, 1.82) is 5.26 Å². The van der Waals surface area contributed by atoms with Crippen molar-refractivity contribution >= 4 is 0 Å². The zero-order valence-electron chi connectivity index (χ0n) is 14.6. The van der Waals surface area contributed by atoms with Gasteiger partial charge in [0, 0.05) is 12.0 Å². The molecule has 0 saturated carbocycles. The molecule has 0 bridgehead atoms. The lowest BCUT2D eigenvalue weighted by molar-refractivity contribution is 0.104. The molecule has 3 nitrogen and oxygen atoms in total. The molecule has 0 aliphatic carbocycles. The fourth-order valence-corrected chi connectivity index (χ4v) is 3.15. The molecular weight excluding hydrogens is 320 g/mol. The number of hydrogen-bond acceptors (Lipinski definition) is 3. The van der Waals surface area contributed by atoms with Crippen LogP contribution < -0.4 is 5.73 Å². The average Bonchev–Trinajstić information content (AvgIpc) is 2.70. The van der Waals surface area contributed by atoms with Crippen LogP contribution in [0.25, 0.3) is 0 Å². The van der Waals surface area contributed by atoms with E-state index in [1.165, 1.54) is 11.1 Å². The predicted octanol–water partition coefficient (Wildman–Crippen LogP) is 4.23. The molecule has 26 heavy (non-hydrogen) atoms. The van der Waals surface area contributed by atoms with E-state index in [4.69, 9.17) is 15.7 Å². The number of nitrogens with zero attached hydrogens (tertiary/aromatic N) is 1. The van der Waals surface area contributed by atoms with Crippen molar-refractivity contribution in [1.82, 2.24) is 0 Å². The van der Waals surface area contributed by atoms with Crippen LogP contribution in [-0.4, -0.2) is 12.6 Å². The Labute approximate surface area is 154 Å². The third-order valence-corrected chi connectivity index (χ3v) is 4.38. The second-order valence-corrected chi connectivity index (χ2v) is 6.29. The smallest absolute Gasteiger partial charge is 0.0991 e. The molecule has 0 aromatic heterocycles. The summed E-state index contributed by atoms with van der Waals surface area (Å²) in [6, 6.07) is 30.0. The van der Waals surface area contributed by atoms with E-state index >= 15 is 0 Å². The normalized spacial score (nSPS) is 11.9. The van der Waals surface area contributed by atoms with Gasteiger partial charge in [-0.2, -0.15) is 5.26 Å². The summed E-state index contributed by atoms with van der Waals surface area (Å²) in [6.07, 6.45) is 0. The molecule has 0 saturated heterocycles. The van der Waals surface area contributed by atoms with E-state index in [1.54, 1.807) is 6.07 Å². The highest BCUT2D eigenvalue weighted by molar-refractivity contribution is 5.34. The zero-order valence-corrected chi connectivity index (χ0v) is 14.6. The lowest BCUT2D eigenvalue weighted by Crippen LogP contribution is -2.34. The molecule has 0 heterocycles. The van der Waals surface area contributed by atoms with Crippen LogP contribution in [0.5, 0.6) is 0 Å². The standard InChI is InChI=1S/C23H22N2O/c24-15-18-8-7-9-19(14-18)16-26-17-22(25)23(20-10-3-1-4-11-20)21-12-5-2-6-13-21/h1-14,22-23H,16-17,25H2. The van der Waals surface area contributed by atoms with Crippen molar-refractivity contribution in [3.8, 4) is 6.07 Å². The Balaban J connectivity index is 1.70. The van der Waals surface area contributed by atoms with Crippen LogP contribution in [0.4, 0.5) is 0 Å². The highest BCUT2D eigenvalue weighted by atomic mass is 16.5. The van der Waals surface area contributed by atoms with Gasteiger partial charge < -0.3 is 10.5 Å². The van der Waals surface area contributed by atoms with Crippen LogP contribution in [0.3, 0.4) is 0 Å². The van der Waals surface area contributed by atoms with Crippen molar-refractivity contribution in [2.45, 2.75) is 18.6 Å². The van der Waals surface area contributed by atoms with E-state index in [0.717, 1.165) is 5.56 Å². The van der Waals surface area contributed by atoms with Gasteiger partial charge in [-0.3, -0.25) is 0 Å². The Bertz CT molecular complexity index is 817. The first-order valence-electron chi connectivity index (χ1n) is 8.70. The van der Waals surface area contributed by atoms with Gasteiger partial charge >= 0.3 is 0 Å². The Kier molecular flexibility index (Phi) is 6.16. The molecule has 2 N–H and O–H groups in total. The summed E-state index contributed by atoms with van der Waals surface area (Å²) in [5.74, 6) is 0.0721. The maximum Gasteiger partial charge on any atom is 0.0991 e. The van der Waals surface area contributed by atoms with Crippen LogP contribution in [-0.2, 0) is 11.3 Å². The second kappa shape index (κ2) is 8.96. The molecule has 1 atom stereocenters. The largest absolute Gasteiger partial charge is 0.375 e. The number of benzene rings is 3. The number of nitriles is 1. The molecule has 3 aromatic rings. The monoisotopic (exact) mass is 342 g/mol. The summed E-state index contributed by atoms with van der Waals surface area (Å²) >= 11 is 0. The van der Waals surface area contributed by atoms with E-state index in [-0.39, 0.29) is 12.0 Å². The maximum atomic E-state index is 8.99. The van der Waals surface area contributed by atoms with Crippen LogP contribution in [0.1, 0.15) is 28.2 Å². The molecule has 0 aliphatic heterocycles. The van der Waals surface area contributed by atoms with Gasteiger partial charge in [-0.25, -0.2) is 0 Å². The minimum atomic E-state index is -0.168. The minimum absolute atomic E-state index is 0.0721. The molecule has 1 unspecified atom stereocenters. The summed E-state index contributed by atoms with van der Waals surface area (Å²) in [6.45, 7) is 0.880. The van der Waals surface area contributed by atoms with Crippen molar-refractivity contribution in [2.24, 2.45) is 5.73 Å². The van der Waals surface area contributed by atoms with E-state index in [0.29, 0.717) is 18.8 Å². The van der Waals surface area contributed by atoms with Crippen LogP contribution in [0.2, 0.25) is 0 Å². The molecular formula is C23H22N2O. The Morgan fingerprint density at radius 1 is 0.846 bits per heavy atom. The van der Waals surface area contributed by atoms with E-state index in [2.05, 4.69) is 30.3 Å². The van der Waals surface area contributed by atoms with E-state index in [1.807, 2.05) is 54.6 Å². The molecule has 3 heteroatoms. The molecule has 0 spiro atoms. The maximum absolute atomic E-state index is 8.99. The van der Waals surface area contributed by atoms with Crippen LogP contribution in [0, 0.1) is 11.3 Å². The van der Waals surface area contributed by atoms with Gasteiger partial charge in [0.2, 0.25) is 0 Å². The van der Waals surface area contributed by atoms with Gasteiger partial charge in [0.1, 0.15) is 0 Å². The molecule has 0 amide bonds. The third-order valence-electron chi connectivity index (χ3n) is 4.38. The van der Waals surface area contributed by atoms with Gasteiger partial charge in [-0.15, -0.1) is 0 Å². The fraction of sp³-hybridized carbons (Fsp3) is 0.174. The molecule has 0 aliphatic rings. The Morgan fingerprint density at radius 3 is 2.04 bits per heavy atom. The summed E-state index contributed by atoms with van der Waals surface area (Å²) in [4.78, 5) is 0. The van der Waals surface area contributed by atoms with Crippen LogP contribution >= 0.6 is 0 Å². The SMILES string of the molecule is N#Cc1cccc(COCC(N)C(c2ccccc2)c2ccccc2)c1. The van der Waals surface area contributed by atoms with Crippen LogP contribution in [0.15, 0.2) is 84.9 Å². The minimum Gasteiger partial charge on any atom is -0.375 e. The van der Waals surface area contributed by atoms with Crippen molar-refractivity contribution < 1.29 is 4.74 Å². The number of rotatable bonds is 7.